The Kier molecular flexibility index (Phi) is 5.25. The minimum Gasteiger partial charge on any atom is -0.451 e. The Balaban J connectivity index is 1.38. The number of nitrogens with zero attached hydrogens (tertiary/aromatic N) is 3. The van der Waals surface area contributed by atoms with Gasteiger partial charge in [-0.25, -0.2) is 9.48 Å². The van der Waals surface area contributed by atoms with Crippen molar-refractivity contribution in [1.29, 1.82) is 0 Å². The predicted octanol–water partition coefficient (Wildman–Crippen LogP) is 4.29. The molecule has 0 spiro atoms. The summed E-state index contributed by atoms with van der Waals surface area (Å²) in [6, 6.07) is 28.5. The molecular formula is C26H21N3O3. The molecule has 32 heavy (non-hydrogen) atoms. The third kappa shape index (κ3) is 3.78. The molecule has 0 N–H and O–H groups in total. The quantitative estimate of drug-likeness (QED) is 0.450. The van der Waals surface area contributed by atoms with Crippen LogP contribution in [0.25, 0.3) is 16.9 Å². The highest BCUT2D eigenvalue weighted by atomic mass is 16.5. The molecule has 4 aromatic rings. The van der Waals surface area contributed by atoms with Crippen LogP contribution in [0.2, 0.25) is 0 Å². The molecule has 1 amide bonds. The second kappa shape index (κ2) is 8.51. The lowest BCUT2D eigenvalue weighted by atomic mass is 10.1. The number of rotatable bonds is 5. The summed E-state index contributed by atoms with van der Waals surface area (Å²) in [6.07, 6.45) is 0.803. The monoisotopic (exact) mass is 423 g/mol. The zero-order valence-corrected chi connectivity index (χ0v) is 17.3. The predicted molar refractivity (Wildman–Crippen MR) is 122 cm³/mol. The molecule has 0 aliphatic carbocycles. The van der Waals surface area contributed by atoms with Gasteiger partial charge in [-0.1, -0.05) is 66.7 Å². The van der Waals surface area contributed by atoms with E-state index in [-0.39, 0.29) is 18.2 Å². The molecular weight excluding hydrogens is 402 g/mol. The first-order valence-electron chi connectivity index (χ1n) is 10.5. The van der Waals surface area contributed by atoms with Gasteiger partial charge in [-0.3, -0.25) is 4.79 Å². The first kappa shape index (κ1) is 19.8. The smallest absolute Gasteiger partial charge is 0.357 e. The van der Waals surface area contributed by atoms with E-state index in [1.807, 2.05) is 84.9 Å². The van der Waals surface area contributed by atoms with Gasteiger partial charge in [0.25, 0.3) is 5.91 Å². The number of hydrogen-bond acceptors (Lipinski definition) is 4. The van der Waals surface area contributed by atoms with Crippen molar-refractivity contribution in [2.24, 2.45) is 0 Å². The van der Waals surface area contributed by atoms with Gasteiger partial charge in [0, 0.05) is 17.8 Å². The first-order chi connectivity index (χ1) is 15.7. The Labute approximate surface area is 185 Å². The van der Waals surface area contributed by atoms with Crippen LogP contribution < -0.4 is 4.90 Å². The van der Waals surface area contributed by atoms with E-state index in [4.69, 9.17) is 4.74 Å². The summed E-state index contributed by atoms with van der Waals surface area (Å²) in [6.45, 7) is 0.268. The number of carbonyl (C=O) groups is 2. The number of carbonyl (C=O) groups excluding carboxylic acids is 2. The highest BCUT2D eigenvalue weighted by molar-refractivity contribution is 5.98. The van der Waals surface area contributed by atoms with Crippen molar-refractivity contribution in [3.8, 4) is 16.9 Å². The molecule has 2 heterocycles. The van der Waals surface area contributed by atoms with Crippen LogP contribution >= 0.6 is 0 Å². The van der Waals surface area contributed by atoms with Gasteiger partial charge in [0.05, 0.1) is 11.4 Å². The second-order valence-electron chi connectivity index (χ2n) is 7.53. The molecule has 0 radical (unpaired) electrons. The van der Waals surface area contributed by atoms with Gasteiger partial charge in [0.2, 0.25) is 0 Å². The average Bonchev–Trinajstić information content (AvgIpc) is 3.49. The van der Waals surface area contributed by atoms with E-state index < -0.39 is 5.97 Å². The number of ether oxygens (including phenoxy) is 1. The fourth-order valence-electron chi connectivity index (χ4n) is 3.92. The number of anilines is 1. The van der Waals surface area contributed by atoms with Crippen molar-refractivity contribution in [2.75, 3.05) is 18.1 Å². The van der Waals surface area contributed by atoms with Crippen LogP contribution in [0.1, 0.15) is 16.1 Å². The number of amides is 1. The summed E-state index contributed by atoms with van der Waals surface area (Å²) in [5.41, 5.74) is 4.56. The normalized spacial score (nSPS) is 12.4. The Bertz CT molecular complexity index is 1270. The van der Waals surface area contributed by atoms with Gasteiger partial charge in [-0.15, -0.1) is 0 Å². The Morgan fingerprint density at radius 3 is 2.34 bits per heavy atom. The average molecular weight is 423 g/mol. The lowest BCUT2D eigenvalue weighted by Gasteiger charge is -2.17. The topological polar surface area (TPSA) is 64.4 Å². The third-order valence-electron chi connectivity index (χ3n) is 5.50. The van der Waals surface area contributed by atoms with Crippen LogP contribution in [-0.2, 0) is 16.0 Å². The van der Waals surface area contributed by atoms with Crippen molar-refractivity contribution in [3.63, 3.8) is 0 Å². The van der Waals surface area contributed by atoms with Crippen LogP contribution in [-0.4, -0.2) is 34.8 Å². The highest BCUT2D eigenvalue weighted by Gasteiger charge is 2.26. The number of fused-ring (bicyclic) bond motifs is 1. The van der Waals surface area contributed by atoms with E-state index in [0.29, 0.717) is 12.2 Å². The van der Waals surface area contributed by atoms with E-state index in [9.17, 15) is 9.59 Å². The summed E-state index contributed by atoms with van der Waals surface area (Å²) >= 11 is 0. The van der Waals surface area contributed by atoms with E-state index in [0.717, 1.165) is 28.9 Å². The van der Waals surface area contributed by atoms with E-state index >= 15 is 0 Å². The molecule has 0 saturated heterocycles. The molecule has 6 heteroatoms. The van der Waals surface area contributed by atoms with Crippen molar-refractivity contribution < 1.29 is 14.3 Å². The summed E-state index contributed by atoms with van der Waals surface area (Å²) in [5.74, 6) is -0.832. The maximum Gasteiger partial charge on any atom is 0.357 e. The molecule has 3 aromatic carbocycles. The standard InChI is InChI=1S/C26H21N3O3/c30-25(28-16-15-20-11-7-8-14-23(20)28)18-32-26(31)24-17-22(19-9-3-1-4-10-19)27-29(24)21-12-5-2-6-13-21/h1-14,17H,15-16,18H2. The molecule has 6 nitrogen and oxygen atoms in total. The third-order valence-corrected chi connectivity index (χ3v) is 5.50. The maximum atomic E-state index is 13.0. The largest absolute Gasteiger partial charge is 0.451 e. The number of esters is 1. The minimum atomic E-state index is -0.593. The fraction of sp³-hybridized carbons (Fsp3) is 0.115. The van der Waals surface area contributed by atoms with Crippen molar-refractivity contribution >= 4 is 17.6 Å². The number of hydrogen-bond donors (Lipinski definition) is 0. The van der Waals surface area contributed by atoms with Crippen molar-refractivity contribution in [1.82, 2.24) is 9.78 Å². The molecule has 0 fully saturated rings. The zero-order chi connectivity index (χ0) is 21.9. The molecule has 0 saturated carbocycles. The Morgan fingerprint density at radius 2 is 1.56 bits per heavy atom. The molecule has 0 unspecified atom stereocenters. The number of para-hydroxylation sites is 2. The Hall–Kier alpha value is -4.19. The molecule has 5 rings (SSSR count). The van der Waals surface area contributed by atoms with Gasteiger partial charge >= 0.3 is 5.97 Å². The van der Waals surface area contributed by atoms with Crippen LogP contribution in [0.4, 0.5) is 5.69 Å². The molecule has 0 atom stereocenters. The van der Waals surface area contributed by atoms with Crippen LogP contribution in [0.3, 0.4) is 0 Å². The van der Waals surface area contributed by atoms with Crippen LogP contribution in [0.15, 0.2) is 91.0 Å². The first-order valence-corrected chi connectivity index (χ1v) is 10.5. The molecule has 0 bridgehead atoms. The molecule has 1 aromatic heterocycles. The van der Waals surface area contributed by atoms with Crippen LogP contribution in [0, 0.1) is 0 Å². The highest BCUT2D eigenvalue weighted by Crippen LogP contribution is 2.27. The van der Waals surface area contributed by atoms with Crippen molar-refractivity contribution in [3.05, 3.63) is 102 Å². The minimum absolute atomic E-state index is 0.239. The number of aromatic nitrogens is 2. The maximum absolute atomic E-state index is 13.0. The summed E-state index contributed by atoms with van der Waals surface area (Å²) in [5, 5.41) is 4.63. The fourth-order valence-corrected chi connectivity index (χ4v) is 3.92. The van der Waals surface area contributed by atoms with E-state index in [2.05, 4.69) is 5.10 Å². The lowest BCUT2D eigenvalue weighted by Crippen LogP contribution is -2.33. The lowest BCUT2D eigenvalue weighted by molar-refractivity contribution is -0.121. The SMILES string of the molecule is O=C(OCC(=O)N1CCc2ccccc21)c1cc(-c2ccccc2)nn1-c1ccccc1. The molecule has 1 aliphatic rings. The molecule has 1 aliphatic heterocycles. The van der Waals surface area contributed by atoms with E-state index in [1.165, 1.54) is 0 Å². The summed E-state index contributed by atoms with van der Waals surface area (Å²) in [7, 11) is 0. The van der Waals surface area contributed by atoms with Gasteiger partial charge in [-0.05, 0) is 36.2 Å². The summed E-state index contributed by atoms with van der Waals surface area (Å²) in [4.78, 5) is 27.4. The molecule has 158 valence electrons. The van der Waals surface area contributed by atoms with Gasteiger partial charge in [0.15, 0.2) is 12.3 Å². The second-order valence-corrected chi connectivity index (χ2v) is 7.53. The van der Waals surface area contributed by atoms with Gasteiger partial charge in [-0.2, -0.15) is 5.10 Å². The van der Waals surface area contributed by atoms with Crippen molar-refractivity contribution in [2.45, 2.75) is 6.42 Å². The van der Waals surface area contributed by atoms with Gasteiger partial charge in [0.1, 0.15) is 0 Å². The van der Waals surface area contributed by atoms with E-state index in [1.54, 1.807) is 15.6 Å². The Morgan fingerprint density at radius 1 is 0.875 bits per heavy atom. The number of benzene rings is 3. The van der Waals surface area contributed by atoms with Crippen LogP contribution in [0.5, 0.6) is 0 Å². The summed E-state index contributed by atoms with van der Waals surface area (Å²) < 4.78 is 6.99. The zero-order valence-electron chi connectivity index (χ0n) is 17.3. The van der Waals surface area contributed by atoms with Gasteiger partial charge < -0.3 is 9.64 Å².